The summed E-state index contributed by atoms with van der Waals surface area (Å²) in [7, 11) is 1.36. The molecule has 0 heterocycles. The van der Waals surface area contributed by atoms with Crippen molar-refractivity contribution >= 4 is 23.4 Å². The topological polar surface area (TPSA) is 81.5 Å². The number of nitrogens with one attached hydrogen (secondary N) is 1. The van der Waals surface area contributed by atoms with Crippen LogP contribution in [0.15, 0.2) is 48.5 Å². The second-order valence-corrected chi connectivity index (χ2v) is 4.52. The van der Waals surface area contributed by atoms with E-state index in [-0.39, 0.29) is 11.4 Å². The first-order chi connectivity index (χ1) is 11.0. The molecule has 2 aromatic rings. The molecule has 6 nitrogen and oxygen atoms in total. The van der Waals surface area contributed by atoms with E-state index in [2.05, 4.69) is 5.32 Å². The van der Waals surface area contributed by atoms with Gasteiger partial charge < -0.3 is 10.1 Å². The number of nitro groups is 1. The predicted octanol–water partition coefficient (Wildman–Crippen LogP) is 3.39. The average Bonchev–Trinajstić information content (AvgIpc) is 2.53. The van der Waals surface area contributed by atoms with E-state index in [0.717, 1.165) is 0 Å². The molecule has 0 saturated carbocycles. The molecule has 0 aliphatic carbocycles. The molecule has 23 heavy (non-hydrogen) atoms. The molecule has 0 fully saturated rings. The fourth-order valence-electron chi connectivity index (χ4n) is 1.84. The lowest BCUT2D eigenvalue weighted by Crippen LogP contribution is -2.07. The molecule has 0 bridgehead atoms. The first-order valence-electron chi connectivity index (χ1n) is 6.56. The van der Waals surface area contributed by atoms with E-state index in [1.807, 2.05) is 0 Å². The van der Waals surface area contributed by atoms with Gasteiger partial charge in [-0.1, -0.05) is 12.1 Å². The first-order valence-corrected chi connectivity index (χ1v) is 6.56. The Morgan fingerprint density at radius 2 is 2.09 bits per heavy atom. The van der Waals surface area contributed by atoms with E-state index in [1.165, 1.54) is 55.7 Å². The molecule has 0 spiro atoms. The fourth-order valence-corrected chi connectivity index (χ4v) is 1.84. The zero-order chi connectivity index (χ0) is 16.8. The summed E-state index contributed by atoms with van der Waals surface area (Å²) < 4.78 is 18.3. The minimum atomic E-state index is -0.550. The largest absolute Gasteiger partial charge is 0.494 e. The number of hydrogen-bond acceptors (Lipinski definition) is 4. The van der Waals surface area contributed by atoms with Crippen molar-refractivity contribution in [2.45, 2.75) is 0 Å². The smallest absolute Gasteiger partial charge is 0.271 e. The predicted molar refractivity (Wildman–Crippen MR) is 83.7 cm³/mol. The lowest BCUT2D eigenvalue weighted by molar-refractivity contribution is -0.384. The molecule has 1 N–H and O–H groups in total. The summed E-state index contributed by atoms with van der Waals surface area (Å²) in [6.07, 6.45) is 2.63. The molecular formula is C16H13FN2O4. The highest BCUT2D eigenvalue weighted by Gasteiger charge is 2.07. The number of carbonyl (C=O) groups excluding carboxylic acids is 1. The molecule has 2 rings (SSSR count). The Balaban J connectivity index is 2.05. The van der Waals surface area contributed by atoms with Crippen molar-refractivity contribution in [3.63, 3.8) is 0 Å². The molecule has 118 valence electrons. The zero-order valence-corrected chi connectivity index (χ0v) is 12.2. The lowest BCUT2D eigenvalue weighted by Gasteiger charge is -2.03. The average molecular weight is 316 g/mol. The summed E-state index contributed by atoms with van der Waals surface area (Å²) in [5.74, 6) is -0.904. The number of rotatable bonds is 5. The zero-order valence-electron chi connectivity index (χ0n) is 12.2. The number of hydrogen-bond donors (Lipinski definition) is 1. The van der Waals surface area contributed by atoms with Crippen molar-refractivity contribution in [3.8, 4) is 5.75 Å². The van der Waals surface area contributed by atoms with Gasteiger partial charge in [-0.2, -0.15) is 0 Å². The van der Waals surface area contributed by atoms with Gasteiger partial charge in [-0.15, -0.1) is 0 Å². The number of anilines is 1. The molecule has 0 atom stereocenters. The van der Waals surface area contributed by atoms with Crippen LogP contribution in [0, 0.1) is 15.9 Å². The Morgan fingerprint density at radius 1 is 1.30 bits per heavy atom. The van der Waals surface area contributed by atoms with Crippen LogP contribution in [-0.2, 0) is 4.79 Å². The Hall–Kier alpha value is -3.22. The third-order valence-corrected chi connectivity index (χ3v) is 2.93. The number of carbonyl (C=O) groups is 1. The highest BCUT2D eigenvalue weighted by atomic mass is 19.1. The van der Waals surface area contributed by atoms with Crippen molar-refractivity contribution in [2.75, 3.05) is 12.4 Å². The van der Waals surface area contributed by atoms with E-state index in [1.54, 1.807) is 6.07 Å². The molecule has 2 aromatic carbocycles. The van der Waals surface area contributed by atoms with Gasteiger partial charge in [0.25, 0.3) is 5.69 Å². The Bertz CT molecular complexity index is 774. The SMILES string of the molecule is COc1ccc(/C=C/C(=O)Nc2cccc([N+](=O)[O-])c2)cc1F. The van der Waals surface area contributed by atoms with Crippen LogP contribution in [0.2, 0.25) is 0 Å². The minimum Gasteiger partial charge on any atom is -0.494 e. The van der Waals surface area contributed by atoms with Crippen LogP contribution < -0.4 is 10.1 Å². The minimum absolute atomic E-state index is 0.114. The van der Waals surface area contributed by atoms with Gasteiger partial charge in [0, 0.05) is 23.9 Å². The monoisotopic (exact) mass is 316 g/mol. The summed E-state index contributed by atoms with van der Waals surface area (Å²) in [5, 5.41) is 13.2. The lowest BCUT2D eigenvalue weighted by atomic mass is 10.2. The van der Waals surface area contributed by atoms with Crippen molar-refractivity contribution in [1.82, 2.24) is 0 Å². The number of nitro benzene ring substituents is 1. The third-order valence-electron chi connectivity index (χ3n) is 2.93. The number of amides is 1. The van der Waals surface area contributed by atoms with Gasteiger partial charge in [0.1, 0.15) is 0 Å². The molecular weight excluding hydrogens is 303 g/mol. The van der Waals surface area contributed by atoms with Crippen molar-refractivity contribution in [1.29, 1.82) is 0 Å². The highest BCUT2D eigenvalue weighted by Crippen LogP contribution is 2.19. The molecule has 1 amide bonds. The quantitative estimate of drug-likeness (QED) is 0.521. The standard InChI is InChI=1S/C16H13FN2O4/c1-23-15-7-5-11(9-14(15)17)6-8-16(20)18-12-3-2-4-13(10-12)19(21)22/h2-10H,1H3,(H,18,20)/b8-6+. The molecule has 0 unspecified atom stereocenters. The van der Waals surface area contributed by atoms with E-state index in [9.17, 15) is 19.3 Å². The Morgan fingerprint density at radius 3 is 2.74 bits per heavy atom. The maximum atomic E-state index is 13.5. The number of ether oxygens (including phenoxy) is 1. The molecule has 0 radical (unpaired) electrons. The van der Waals surface area contributed by atoms with Gasteiger partial charge >= 0.3 is 0 Å². The van der Waals surface area contributed by atoms with E-state index in [4.69, 9.17) is 4.74 Å². The van der Waals surface area contributed by atoms with E-state index < -0.39 is 16.6 Å². The van der Waals surface area contributed by atoms with Gasteiger partial charge in [-0.05, 0) is 29.8 Å². The Kier molecular flexibility index (Phi) is 5.03. The number of halogens is 1. The van der Waals surface area contributed by atoms with Crippen LogP contribution in [0.25, 0.3) is 6.08 Å². The van der Waals surface area contributed by atoms with Gasteiger partial charge in [-0.25, -0.2) is 4.39 Å². The van der Waals surface area contributed by atoms with Crippen LogP contribution in [0.1, 0.15) is 5.56 Å². The third kappa shape index (κ3) is 4.37. The van der Waals surface area contributed by atoms with Crippen LogP contribution in [0.5, 0.6) is 5.75 Å². The number of methoxy groups -OCH3 is 1. The maximum absolute atomic E-state index is 13.5. The van der Waals surface area contributed by atoms with Crippen LogP contribution >= 0.6 is 0 Å². The highest BCUT2D eigenvalue weighted by molar-refractivity contribution is 6.02. The molecule has 0 aromatic heterocycles. The second kappa shape index (κ2) is 7.17. The normalized spacial score (nSPS) is 10.5. The van der Waals surface area contributed by atoms with Gasteiger partial charge in [0.05, 0.1) is 12.0 Å². The fraction of sp³-hybridized carbons (Fsp3) is 0.0625. The van der Waals surface area contributed by atoms with Crippen LogP contribution in [-0.4, -0.2) is 17.9 Å². The second-order valence-electron chi connectivity index (χ2n) is 4.52. The molecule has 0 aliphatic rings. The van der Waals surface area contributed by atoms with Crippen LogP contribution in [0.3, 0.4) is 0 Å². The summed E-state index contributed by atoms with van der Waals surface area (Å²) in [6, 6.07) is 9.86. The molecule has 7 heteroatoms. The van der Waals surface area contributed by atoms with Crippen molar-refractivity contribution < 1.29 is 18.8 Å². The number of non-ortho nitro benzene ring substituents is 1. The van der Waals surface area contributed by atoms with Gasteiger partial charge in [0.2, 0.25) is 5.91 Å². The van der Waals surface area contributed by atoms with Crippen molar-refractivity contribution in [3.05, 3.63) is 70.0 Å². The summed E-state index contributed by atoms with van der Waals surface area (Å²) in [5.41, 5.74) is 0.663. The summed E-state index contributed by atoms with van der Waals surface area (Å²) in [4.78, 5) is 21.9. The summed E-state index contributed by atoms with van der Waals surface area (Å²) in [6.45, 7) is 0. The van der Waals surface area contributed by atoms with Crippen LogP contribution in [0.4, 0.5) is 15.8 Å². The number of nitrogens with zero attached hydrogens (tertiary/aromatic N) is 1. The maximum Gasteiger partial charge on any atom is 0.271 e. The summed E-state index contributed by atoms with van der Waals surface area (Å²) >= 11 is 0. The molecule has 0 saturated heterocycles. The van der Waals surface area contributed by atoms with E-state index >= 15 is 0 Å². The number of benzene rings is 2. The van der Waals surface area contributed by atoms with E-state index in [0.29, 0.717) is 11.3 Å². The molecule has 0 aliphatic heterocycles. The first kappa shape index (κ1) is 16.2. The Labute approximate surface area is 131 Å². The van der Waals surface area contributed by atoms with Gasteiger partial charge in [-0.3, -0.25) is 14.9 Å². The van der Waals surface area contributed by atoms with Crippen molar-refractivity contribution in [2.24, 2.45) is 0 Å². The van der Waals surface area contributed by atoms with Gasteiger partial charge in [0.15, 0.2) is 11.6 Å².